The number of hydrogen-bond donors (Lipinski definition) is 2. The molecule has 1 amide bonds. The Bertz CT molecular complexity index is 673. The first-order valence-electron chi connectivity index (χ1n) is 6.47. The molecule has 2 aromatic heterocycles. The molecule has 21 heavy (non-hydrogen) atoms. The van der Waals surface area contributed by atoms with E-state index in [0.29, 0.717) is 17.7 Å². The Hall–Kier alpha value is -2.64. The Labute approximate surface area is 121 Å². The molecule has 2 N–H and O–H groups in total. The Morgan fingerprint density at radius 2 is 2.14 bits per heavy atom. The van der Waals surface area contributed by atoms with Crippen molar-refractivity contribution in [2.45, 2.75) is 19.4 Å². The number of nitrogens with one attached hydrogen (secondary N) is 1. The summed E-state index contributed by atoms with van der Waals surface area (Å²) in [4.78, 5) is 23.6. The number of aliphatic carboxylic acids is 1. The van der Waals surface area contributed by atoms with Crippen LogP contribution in [0.3, 0.4) is 0 Å². The number of rotatable bonds is 5. The molecule has 2 aromatic rings. The van der Waals surface area contributed by atoms with Crippen LogP contribution < -0.4 is 5.32 Å². The van der Waals surface area contributed by atoms with Crippen LogP contribution in [-0.2, 0) is 25.3 Å². The predicted molar refractivity (Wildman–Crippen MR) is 73.6 cm³/mol. The molecule has 0 fully saturated rings. The SMILES string of the molecule is CCc1cc(C(=O)NC(C(=O)O)c2cnn(C)c2)n(C)n1. The number of carbonyl (C=O) groups is 2. The largest absolute Gasteiger partial charge is 0.479 e. The lowest BCUT2D eigenvalue weighted by Gasteiger charge is -2.12. The standard InChI is InChI=1S/C13H17N5O3/c1-4-9-5-10(18(3)16-9)12(19)15-11(13(20)21)8-6-14-17(2)7-8/h5-7,11H,4H2,1-3H3,(H,15,19)(H,20,21). The fourth-order valence-corrected chi connectivity index (χ4v) is 1.99. The molecule has 2 heterocycles. The van der Waals surface area contributed by atoms with Crippen LogP contribution in [0.1, 0.15) is 34.7 Å². The van der Waals surface area contributed by atoms with Crippen LogP contribution >= 0.6 is 0 Å². The van der Waals surface area contributed by atoms with Gasteiger partial charge in [-0.3, -0.25) is 14.2 Å². The van der Waals surface area contributed by atoms with Crippen molar-refractivity contribution in [1.29, 1.82) is 0 Å². The molecule has 0 saturated carbocycles. The molecular formula is C13H17N5O3. The van der Waals surface area contributed by atoms with E-state index in [9.17, 15) is 14.7 Å². The van der Waals surface area contributed by atoms with Gasteiger partial charge >= 0.3 is 5.97 Å². The summed E-state index contributed by atoms with van der Waals surface area (Å²) in [5, 5.41) is 19.9. The number of aromatic nitrogens is 4. The highest BCUT2D eigenvalue weighted by Crippen LogP contribution is 2.13. The van der Waals surface area contributed by atoms with Gasteiger partial charge in [-0.05, 0) is 12.5 Å². The molecule has 2 rings (SSSR count). The van der Waals surface area contributed by atoms with Crippen molar-refractivity contribution < 1.29 is 14.7 Å². The van der Waals surface area contributed by atoms with Gasteiger partial charge in [0.25, 0.3) is 5.91 Å². The number of aryl methyl sites for hydroxylation is 3. The Morgan fingerprint density at radius 3 is 2.62 bits per heavy atom. The van der Waals surface area contributed by atoms with E-state index >= 15 is 0 Å². The molecule has 112 valence electrons. The Morgan fingerprint density at radius 1 is 1.43 bits per heavy atom. The topological polar surface area (TPSA) is 102 Å². The number of hydrogen-bond acceptors (Lipinski definition) is 4. The first kappa shape index (κ1) is 14.8. The lowest BCUT2D eigenvalue weighted by atomic mass is 10.1. The second-order valence-electron chi connectivity index (χ2n) is 4.69. The van der Waals surface area contributed by atoms with Gasteiger partial charge in [0.05, 0.1) is 11.9 Å². The average Bonchev–Trinajstić information content (AvgIpc) is 3.01. The van der Waals surface area contributed by atoms with Crippen molar-refractivity contribution in [3.8, 4) is 0 Å². The molecule has 0 bridgehead atoms. The second kappa shape index (κ2) is 5.78. The van der Waals surface area contributed by atoms with Crippen molar-refractivity contribution in [2.75, 3.05) is 0 Å². The summed E-state index contributed by atoms with van der Waals surface area (Å²) in [5.74, 6) is -1.63. The summed E-state index contributed by atoms with van der Waals surface area (Å²) < 4.78 is 2.92. The van der Waals surface area contributed by atoms with Crippen molar-refractivity contribution in [3.05, 3.63) is 35.4 Å². The van der Waals surface area contributed by atoms with E-state index in [0.717, 1.165) is 5.69 Å². The zero-order chi connectivity index (χ0) is 15.6. The fourth-order valence-electron chi connectivity index (χ4n) is 1.99. The highest BCUT2D eigenvalue weighted by atomic mass is 16.4. The van der Waals surface area contributed by atoms with Gasteiger partial charge in [0.1, 0.15) is 5.69 Å². The summed E-state index contributed by atoms with van der Waals surface area (Å²) in [6.45, 7) is 1.93. The lowest BCUT2D eigenvalue weighted by molar-refractivity contribution is -0.139. The molecule has 0 radical (unpaired) electrons. The normalized spacial score (nSPS) is 12.1. The number of nitrogens with zero attached hydrogens (tertiary/aromatic N) is 4. The zero-order valence-corrected chi connectivity index (χ0v) is 12.1. The average molecular weight is 291 g/mol. The number of carboxylic acid groups (broad SMARTS) is 1. The Kier molecular flexibility index (Phi) is 4.06. The van der Waals surface area contributed by atoms with Crippen LogP contribution in [0.4, 0.5) is 0 Å². The quantitative estimate of drug-likeness (QED) is 0.823. The first-order valence-corrected chi connectivity index (χ1v) is 6.47. The van der Waals surface area contributed by atoms with Gasteiger partial charge in [-0.25, -0.2) is 4.79 Å². The van der Waals surface area contributed by atoms with Crippen LogP contribution in [0.25, 0.3) is 0 Å². The molecule has 8 heteroatoms. The van der Waals surface area contributed by atoms with Gasteiger partial charge in [-0.2, -0.15) is 10.2 Å². The van der Waals surface area contributed by atoms with Crippen LogP contribution in [0.5, 0.6) is 0 Å². The molecule has 0 aliphatic rings. The van der Waals surface area contributed by atoms with Gasteiger partial charge in [0, 0.05) is 25.9 Å². The molecule has 1 unspecified atom stereocenters. The van der Waals surface area contributed by atoms with Gasteiger partial charge < -0.3 is 10.4 Å². The van der Waals surface area contributed by atoms with Gasteiger partial charge in [-0.1, -0.05) is 6.92 Å². The number of carbonyl (C=O) groups excluding carboxylic acids is 1. The molecule has 0 saturated heterocycles. The highest BCUT2D eigenvalue weighted by molar-refractivity contribution is 5.95. The van der Waals surface area contributed by atoms with E-state index in [4.69, 9.17) is 0 Å². The van der Waals surface area contributed by atoms with Crippen LogP contribution in [0.2, 0.25) is 0 Å². The van der Waals surface area contributed by atoms with Crippen molar-refractivity contribution in [3.63, 3.8) is 0 Å². The smallest absolute Gasteiger partial charge is 0.331 e. The number of amides is 1. The van der Waals surface area contributed by atoms with Crippen molar-refractivity contribution in [2.24, 2.45) is 14.1 Å². The maximum atomic E-state index is 12.2. The van der Waals surface area contributed by atoms with Gasteiger partial charge in [0.15, 0.2) is 6.04 Å². The minimum absolute atomic E-state index is 0.321. The predicted octanol–water partition coefficient (Wildman–Crippen LogP) is 0.272. The van der Waals surface area contributed by atoms with E-state index in [1.807, 2.05) is 6.92 Å². The minimum Gasteiger partial charge on any atom is -0.479 e. The molecule has 0 aliphatic heterocycles. The van der Waals surface area contributed by atoms with Crippen LogP contribution in [-0.4, -0.2) is 36.5 Å². The summed E-state index contributed by atoms with van der Waals surface area (Å²) in [5.41, 5.74) is 1.51. The molecule has 0 aliphatic carbocycles. The summed E-state index contributed by atoms with van der Waals surface area (Å²) in [6, 6.07) is 0.503. The first-order chi connectivity index (χ1) is 9.92. The number of carboxylic acids is 1. The second-order valence-corrected chi connectivity index (χ2v) is 4.69. The minimum atomic E-state index is -1.15. The maximum Gasteiger partial charge on any atom is 0.331 e. The van der Waals surface area contributed by atoms with E-state index in [1.54, 1.807) is 26.4 Å². The van der Waals surface area contributed by atoms with E-state index < -0.39 is 17.9 Å². The highest BCUT2D eigenvalue weighted by Gasteiger charge is 2.25. The third-order valence-corrected chi connectivity index (χ3v) is 3.11. The van der Waals surface area contributed by atoms with Crippen LogP contribution in [0.15, 0.2) is 18.5 Å². The Balaban J connectivity index is 2.22. The zero-order valence-electron chi connectivity index (χ0n) is 12.1. The third kappa shape index (κ3) is 3.10. The maximum absolute atomic E-state index is 12.2. The van der Waals surface area contributed by atoms with E-state index in [-0.39, 0.29) is 0 Å². The van der Waals surface area contributed by atoms with Gasteiger partial charge in [-0.15, -0.1) is 0 Å². The van der Waals surface area contributed by atoms with Crippen molar-refractivity contribution in [1.82, 2.24) is 24.9 Å². The fraction of sp³-hybridized carbons (Fsp3) is 0.385. The molecular weight excluding hydrogens is 274 g/mol. The monoisotopic (exact) mass is 291 g/mol. The summed E-state index contributed by atoms with van der Waals surface area (Å²) in [6.07, 6.45) is 3.67. The van der Waals surface area contributed by atoms with E-state index in [1.165, 1.54) is 15.6 Å². The van der Waals surface area contributed by atoms with E-state index in [2.05, 4.69) is 15.5 Å². The molecule has 8 nitrogen and oxygen atoms in total. The lowest BCUT2D eigenvalue weighted by Crippen LogP contribution is -2.34. The molecule has 0 aromatic carbocycles. The van der Waals surface area contributed by atoms with Crippen LogP contribution in [0, 0.1) is 0 Å². The molecule has 1 atom stereocenters. The third-order valence-electron chi connectivity index (χ3n) is 3.11. The molecule has 0 spiro atoms. The summed E-state index contributed by atoms with van der Waals surface area (Å²) >= 11 is 0. The summed E-state index contributed by atoms with van der Waals surface area (Å²) in [7, 11) is 3.33. The van der Waals surface area contributed by atoms with Crippen molar-refractivity contribution >= 4 is 11.9 Å². The van der Waals surface area contributed by atoms with Gasteiger partial charge in [0.2, 0.25) is 0 Å².